The summed E-state index contributed by atoms with van der Waals surface area (Å²) in [7, 11) is 0. The number of likely N-dealkylation sites (tertiary alicyclic amines) is 1. The third-order valence-electron chi connectivity index (χ3n) is 3.87. The lowest BCUT2D eigenvalue weighted by molar-refractivity contribution is 0.0379. The fourth-order valence-corrected chi connectivity index (χ4v) is 2.90. The Morgan fingerprint density at radius 1 is 1.50 bits per heavy atom. The van der Waals surface area contributed by atoms with Gasteiger partial charge in [0.1, 0.15) is 0 Å². The number of aliphatic hydroxyl groups is 1. The highest BCUT2D eigenvalue weighted by atomic mass is 32.1. The predicted molar refractivity (Wildman–Crippen MR) is 66.4 cm³/mol. The summed E-state index contributed by atoms with van der Waals surface area (Å²) < 4.78 is 0. The Morgan fingerprint density at radius 3 is 2.75 bits per heavy atom. The Labute approximate surface area is 101 Å². The molecule has 0 spiro atoms. The summed E-state index contributed by atoms with van der Waals surface area (Å²) in [4.78, 5) is 6.76. The second kappa shape index (κ2) is 5.25. The molecule has 16 heavy (non-hydrogen) atoms. The first-order valence-electron chi connectivity index (χ1n) is 5.98. The number of hydrogen-bond acceptors (Lipinski definition) is 4. The molecule has 4 heteroatoms. The molecule has 0 amide bonds. The monoisotopic (exact) mass is 240 g/mol. The van der Waals surface area contributed by atoms with E-state index in [4.69, 9.17) is 0 Å². The van der Waals surface area contributed by atoms with Crippen molar-refractivity contribution in [1.82, 2.24) is 9.88 Å². The van der Waals surface area contributed by atoms with E-state index in [1.807, 2.05) is 5.51 Å². The predicted octanol–water partition coefficient (Wildman–Crippen LogP) is 2.13. The van der Waals surface area contributed by atoms with Gasteiger partial charge in [0, 0.05) is 18.5 Å². The van der Waals surface area contributed by atoms with Gasteiger partial charge in [0.25, 0.3) is 0 Å². The van der Waals surface area contributed by atoms with E-state index in [-0.39, 0.29) is 5.41 Å². The van der Waals surface area contributed by atoms with Crippen LogP contribution in [0.4, 0.5) is 0 Å². The average molecular weight is 240 g/mol. The molecule has 90 valence electrons. The zero-order valence-electron chi connectivity index (χ0n) is 9.85. The Balaban J connectivity index is 1.85. The first-order chi connectivity index (χ1) is 7.78. The Hall–Kier alpha value is -0.450. The molecule has 0 aliphatic carbocycles. The van der Waals surface area contributed by atoms with Crippen molar-refractivity contribution < 1.29 is 5.11 Å². The smallest absolute Gasteiger partial charge is 0.0795 e. The fourth-order valence-electron chi connectivity index (χ4n) is 2.35. The minimum absolute atomic E-state index is 0.193. The number of nitrogens with zero attached hydrogens (tertiary/aromatic N) is 2. The summed E-state index contributed by atoms with van der Waals surface area (Å²) in [5, 5.41) is 11.6. The van der Waals surface area contributed by atoms with Crippen molar-refractivity contribution >= 4 is 11.3 Å². The second-order valence-electron chi connectivity index (χ2n) is 4.77. The van der Waals surface area contributed by atoms with Gasteiger partial charge >= 0.3 is 0 Å². The Bertz CT molecular complexity index is 299. The maximum atomic E-state index is 9.46. The maximum Gasteiger partial charge on any atom is 0.0795 e. The molecule has 1 aromatic rings. The van der Waals surface area contributed by atoms with Crippen LogP contribution in [-0.2, 0) is 6.54 Å². The van der Waals surface area contributed by atoms with Gasteiger partial charge in [-0.05, 0) is 37.8 Å². The molecule has 3 nitrogen and oxygen atoms in total. The van der Waals surface area contributed by atoms with Gasteiger partial charge in [0.15, 0.2) is 0 Å². The molecule has 1 aliphatic heterocycles. The Morgan fingerprint density at radius 2 is 2.25 bits per heavy atom. The van der Waals surface area contributed by atoms with Crippen LogP contribution in [0.5, 0.6) is 0 Å². The van der Waals surface area contributed by atoms with Crippen molar-refractivity contribution in [3.8, 4) is 0 Å². The number of thiazole rings is 1. The molecular formula is C12H20N2OS. The third kappa shape index (κ3) is 2.62. The largest absolute Gasteiger partial charge is 0.396 e. The molecular weight excluding hydrogens is 220 g/mol. The SMILES string of the molecule is CCC1(CO)CCN(Cc2cscn2)CC1. The molecule has 2 heterocycles. The standard InChI is InChI=1S/C12H20N2OS/c1-2-12(9-15)3-5-14(6-4-12)7-11-8-16-10-13-11/h8,10,15H,2-7,9H2,1H3. The van der Waals surface area contributed by atoms with Gasteiger partial charge in [-0.3, -0.25) is 4.90 Å². The van der Waals surface area contributed by atoms with Crippen LogP contribution < -0.4 is 0 Å². The summed E-state index contributed by atoms with van der Waals surface area (Å²) in [6.07, 6.45) is 3.32. The lowest BCUT2D eigenvalue weighted by atomic mass is 9.77. The van der Waals surface area contributed by atoms with Gasteiger partial charge in [-0.15, -0.1) is 11.3 Å². The van der Waals surface area contributed by atoms with Crippen LogP contribution in [0.15, 0.2) is 10.9 Å². The van der Waals surface area contributed by atoms with Crippen LogP contribution in [-0.4, -0.2) is 34.7 Å². The van der Waals surface area contributed by atoms with Crippen LogP contribution in [0.3, 0.4) is 0 Å². The van der Waals surface area contributed by atoms with E-state index in [2.05, 4.69) is 22.2 Å². The number of hydrogen-bond donors (Lipinski definition) is 1. The van der Waals surface area contributed by atoms with Gasteiger partial charge in [0.05, 0.1) is 11.2 Å². The van der Waals surface area contributed by atoms with Gasteiger partial charge in [0.2, 0.25) is 0 Å². The minimum Gasteiger partial charge on any atom is -0.396 e. The highest BCUT2D eigenvalue weighted by molar-refractivity contribution is 7.07. The fraction of sp³-hybridized carbons (Fsp3) is 0.750. The van der Waals surface area contributed by atoms with E-state index in [9.17, 15) is 5.11 Å². The molecule has 0 radical (unpaired) electrons. The number of aliphatic hydroxyl groups excluding tert-OH is 1. The van der Waals surface area contributed by atoms with E-state index in [1.54, 1.807) is 11.3 Å². The topological polar surface area (TPSA) is 36.4 Å². The van der Waals surface area contributed by atoms with Crippen LogP contribution in [0.2, 0.25) is 0 Å². The zero-order chi connectivity index (χ0) is 11.4. The second-order valence-corrected chi connectivity index (χ2v) is 5.49. The third-order valence-corrected chi connectivity index (χ3v) is 4.51. The molecule has 1 saturated heterocycles. The normalized spacial score (nSPS) is 21.1. The highest BCUT2D eigenvalue weighted by Gasteiger charge is 2.32. The van der Waals surface area contributed by atoms with Crippen molar-refractivity contribution in [2.24, 2.45) is 5.41 Å². The van der Waals surface area contributed by atoms with Crippen LogP contribution >= 0.6 is 11.3 Å². The van der Waals surface area contributed by atoms with E-state index >= 15 is 0 Å². The molecule has 1 N–H and O–H groups in total. The maximum absolute atomic E-state index is 9.46. The van der Waals surface area contributed by atoms with E-state index < -0.39 is 0 Å². The van der Waals surface area contributed by atoms with Crippen molar-refractivity contribution in [3.63, 3.8) is 0 Å². The van der Waals surface area contributed by atoms with Gasteiger partial charge in [-0.25, -0.2) is 4.98 Å². The highest BCUT2D eigenvalue weighted by Crippen LogP contribution is 2.34. The van der Waals surface area contributed by atoms with Crippen molar-refractivity contribution in [2.45, 2.75) is 32.7 Å². The number of aromatic nitrogens is 1. The summed E-state index contributed by atoms with van der Waals surface area (Å²) in [6, 6.07) is 0. The molecule has 0 aromatic carbocycles. The van der Waals surface area contributed by atoms with Gasteiger partial charge in [-0.1, -0.05) is 6.92 Å². The summed E-state index contributed by atoms with van der Waals surface area (Å²) >= 11 is 1.66. The molecule has 0 bridgehead atoms. The van der Waals surface area contributed by atoms with E-state index in [0.29, 0.717) is 6.61 Å². The van der Waals surface area contributed by atoms with Crippen LogP contribution in [0.25, 0.3) is 0 Å². The van der Waals surface area contributed by atoms with Gasteiger partial charge in [-0.2, -0.15) is 0 Å². The first-order valence-corrected chi connectivity index (χ1v) is 6.92. The first kappa shape index (κ1) is 12.0. The van der Waals surface area contributed by atoms with E-state index in [1.165, 1.54) is 5.69 Å². The van der Waals surface area contributed by atoms with Crippen LogP contribution in [0, 0.1) is 5.41 Å². The molecule has 1 aromatic heterocycles. The van der Waals surface area contributed by atoms with Crippen molar-refractivity contribution in [1.29, 1.82) is 0 Å². The van der Waals surface area contributed by atoms with Gasteiger partial charge < -0.3 is 5.11 Å². The average Bonchev–Trinajstić information content (AvgIpc) is 2.83. The number of rotatable bonds is 4. The molecule has 1 aliphatic rings. The summed E-state index contributed by atoms with van der Waals surface area (Å²) in [6.45, 7) is 5.67. The lowest BCUT2D eigenvalue weighted by Crippen LogP contribution is -2.41. The van der Waals surface area contributed by atoms with Crippen molar-refractivity contribution in [2.75, 3.05) is 19.7 Å². The quantitative estimate of drug-likeness (QED) is 0.876. The summed E-state index contributed by atoms with van der Waals surface area (Å²) in [5.74, 6) is 0. The molecule has 0 atom stereocenters. The lowest BCUT2D eigenvalue weighted by Gasteiger charge is -2.40. The zero-order valence-corrected chi connectivity index (χ0v) is 10.7. The van der Waals surface area contributed by atoms with E-state index in [0.717, 1.165) is 38.9 Å². The summed E-state index contributed by atoms with van der Waals surface area (Å²) in [5.41, 5.74) is 3.26. The Kier molecular flexibility index (Phi) is 3.95. The molecule has 1 fully saturated rings. The number of piperidine rings is 1. The molecule has 0 saturated carbocycles. The van der Waals surface area contributed by atoms with Crippen LogP contribution in [0.1, 0.15) is 31.9 Å². The van der Waals surface area contributed by atoms with Crippen molar-refractivity contribution in [3.05, 3.63) is 16.6 Å². The molecule has 0 unspecified atom stereocenters. The molecule has 2 rings (SSSR count). The minimum atomic E-state index is 0.193.